The van der Waals surface area contributed by atoms with Gasteiger partial charge in [-0.1, -0.05) is 30.3 Å². The molecule has 120 valence electrons. The number of carbonyl (C=O) groups excluding carboxylic acids is 1. The Kier molecular flexibility index (Phi) is 4.50. The number of rotatable bonds is 4. The van der Waals surface area contributed by atoms with Crippen LogP contribution in [0.5, 0.6) is 0 Å². The summed E-state index contributed by atoms with van der Waals surface area (Å²) in [5.74, 6) is 0.0668. The summed E-state index contributed by atoms with van der Waals surface area (Å²) in [6.07, 6.45) is 2.34. The molecule has 0 spiro atoms. The van der Waals surface area contributed by atoms with Gasteiger partial charge in [0.15, 0.2) is 0 Å². The number of fused-ring (bicyclic) bond motifs is 3. The van der Waals surface area contributed by atoms with Gasteiger partial charge in [-0.2, -0.15) is 0 Å². The highest BCUT2D eigenvalue weighted by molar-refractivity contribution is 5.76. The fourth-order valence-electron chi connectivity index (χ4n) is 4.22. The van der Waals surface area contributed by atoms with Gasteiger partial charge in [0.25, 0.3) is 0 Å². The van der Waals surface area contributed by atoms with Crippen molar-refractivity contribution < 1.29 is 14.6 Å². The first-order chi connectivity index (χ1) is 10.6. The summed E-state index contributed by atoms with van der Waals surface area (Å²) < 4.78 is 5.32. The van der Waals surface area contributed by atoms with E-state index in [1.54, 1.807) is 0 Å². The first-order valence-electron chi connectivity index (χ1n) is 8.30. The Bertz CT molecular complexity index is 518. The van der Waals surface area contributed by atoms with E-state index in [1.807, 2.05) is 25.1 Å². The molecule has 3 fully saturated rings. The van der Waals surface area contributed by atoms with Crippen LogP contribution >= 0.6 is 0 Å². The fraction of sp³-hybridized carbons (Fsp3) is 0.611. The zero-order chi connectivity index (χ0) is 15.7. The molecule has 0 unspecified atom stereocenters. The normalized spacial score (nSPS) is 32.7. The smallest absolute Gasteiger partial charge is 0.323 e. The minimum absolute atomic E-state index is 0.0506. The quantitative estimate of drug-likeness (QED) is 0.868. The number of hydrogen-bond acceptors (Lipinski definition) is 4. The largest absolute Gasteiger partial charge is 0.465 e. The van der Waals surface area contributed by atoms with E-state index < -0.39 is 0 Å². The molecule has 1 saturated carbocycles. The van der Waals surface area contributed by atoms with Crippen LogP contribution in [0.2, 0.25) is 0 Å². The van der Waals surface area contributed by atoms with Gasteiger partial charge in [0.05, 0.1) is 12.7 Å². The highest BCUT2D eigenvalue weighted by atomic mass is 16.5. The van der Waals surface area contributed by atoms with E-state index in [9.17, 15) is 9.90 Å². The van der Waals surface area contributed by atoms with Crippen molar-refractivity contribution in [2.75, 3.05) is 6.61 Å². The lowest BCUT2D eigenvalue weighted by molar-refractivity contribution is -0.170. The van der Waals surface area contributed by atoms with E-state index in [4.69, 9.17) is 4.74 Å². The van der Waals surface area contributed by atoms with Gasteiger partial charge in [0.1, 0.15) is 6.04 Å². The Morgan fingerprint density at radius 2 is 2.09 bits per heavy atom. The Hall–Kier alpha value is -1.39. The van der Waals surface area contributed by atoms with Crippen molar-refractivity contribution >= 4 is 5.97 Å². The molecular formula is C18H25NO3. The second kappa shape index (κ2) is 6.39. The molecule has 5 atom stereocenters. The molecule has 4 nitrogen and oxygen atoms in total. The molecule has 2 bridgehead atoms. The average molecular weight is 303 g/mol. The number of nitrogens with zero attached hydrogens (tertiary/aromatic N) is 1. The molecule has 0 aromatic heterocycles. The van der Waals surface area contributed by atoms with Crippen molar-refractivity contribution in [3.05, 3.63) is 35.9 Å². The Labute approximate surface area is 132 Å². The molecule has 2 aliphatic heterocycles. The number of benzene rings is 1. The van der Waals surface area contributed by atoms with E-state index in [0.29, 0.717) is 13.0 Å². The molecule has 2 heterocycles. The maximum absolute atomic E-state index is 12.5. The van der Waals surface area contributed by atoms with Gasteiger partial charge in [0.2, 0.25) is 0 Å². The van der Waals surface area contributed by atoms with Crippen LogP contribution in [-0.2, 0) is 9.53 Å². The highest BCUT2D eigenvalue weighted by Crippen LogP contribution is 2.44. The Morgan fingerprint density at radius 3 is 2.73 bits per heavy atom. The summed E-state index contributed by atoms with van der Waals surface area (Å²) in [5.41, 5.74) is 1.18. The number of aliphatic hydroxyl groups is 1. The third-order valence-electron chi connectivity index (χ3n) is 5.23. The lowest BCUT2D eigenvalue weighted by Crippen LogP contribution is -2.64. The number of esters is 1. The van der Waals surface area contributed by atoms with Crippen LogP contribution < -0.4 is 0 Å². The summed E-state index contributed by atoms with van der Waals surface area (Å²) in [6.45, 7) is 4.37. The first-order valence-corrected chi connectivity index (χ1v) is 8.30. The predicted molar refractivity (Wildman–Crippen MR) is 84.3 cm³/mol. The molecule has 2 saturated heterocycles. The van der Waals surface area contributed by atoms with Crippen LogP contribution in [0.3, 0.4) is 0 Å². The highest BCUT2D eigenvalue weighted by Gasteiger charge is 2.51. The molecule has 4 heteroatoms. The van der Waals surface area contributed by atoms with Gasteiger partial charge < -0.3 is 9.84 Å². The van der Waals surface area contributed by atoms with E-state index in [1.165, 1.54) is 5.56 Å². The van der Waals surface area contributed by atoms with E-state index >= 15 is 0 Å². The summed E-state index contributed by atoms with van der Waals surface area (Å²) in [7, 11) is 0. The molecule has 0 amide bonds. The van der Waals surface area contributed by atoms with Crippen LogP contribution in [0.15, 0.2) is 30.3 Å². The maximum atomic E-state index is 12.5. The Balaban J connectivity index is 1.91. The monoisotopic (exact) mass is 303 g/mol. The van der Waals surface area contributed by atoms with Gasteiger partial charge in [-0.15, -0.1) is 0 Å². The topological polar surface area (TPSA) is 49.8 Å². The van der Waals surface area contributed by atoms with Crippen LogP contribution in [0.4, 0.5) is 0 Å². The summed E-state index contributed by atoms with van der Waals surface area (Å²) in [6, 6.07) is 10.1. The number of hydrogen-bond donors (Lipinski definition) is 1. The van der Waals surface area contributed by atoms with Gasteiger partial charge >= 0.3 is 5.97 Å². The van der Waals surface area contributed by atoms with Crippen molar-refractivity contribution in [1.29, 1.82) is 0 Å². The molecule has 1 aliphatic carbocycles. The third kappa shape index (κ3) is 2.66. The Morgan fingerprint density at radius 1 is 1.36 bits per heavy atom. The predicted octanol–water partition coefficient (Wildman–Crippen LogP) is 2.52. The second-order valence-corrected chi connectivity index (χ2v) is 6.44. The minimum Gasteiger partial charge on any atom is -0.465 e. The molecular weight excluding hydrogens is 278 g/mol. The van der Waals surface area contributed by atoms with E-state index in [2.05, 4.69) is 24.0 Å². The third-order valence-corrected chi connectivity index (χ3v) is 5.23. The van der Waals surface area contributed by atoms with Crippen molar-refractivity contribution in [3.8, 4) is 0 Å². The van der Waals surface area contributed by atoms with Gasteiger partial charge in [-0.05, 0) is 44.6 Å². The summed E-state index contributed by atoms with van der Waals surface area (Å²) in [4.78, 5) is 14.7. The van der Waals surface area contributed by atoms with Crippen LogP contribution in [0.25, 0.3) is 0 Å². The fourth-order valence-corrected chi connectivity index (χ4v) is 4.22. The molecule has 1 aromatic rings. The van der Waals surface area contributed by atoms with Crippen LogP contribution in [0.1, 0.15) is 44.7 Å². The second-order valence-electron chi connectivity index (χ2n) is 6.44. The molecule has 0 radical (unpaired) electrons. The zero-order valence-corrected chi connectivity index (χ0v) is 13.3. The lowest BCUT2D eigenvalue weighted by Gasteiger charge is -2.54. The SMILES string of the molecule is CCOC(=O)[C@@H]1[C@@H]2CC[C@@H]([C@@H](O)C2)N1[C@H](C)c1ccccc1. The molecule has 1 N–H and O–H groups in total. The summed E-state index contributed by atoms with van der Waals surface area (Å²) in [5, 5.41) is 10.4. The van der Waals surface area contributed by atoms with E-state index in [-0.39, 0.29) is 36.1 Å². The summed E-state index contributed by atoms with van der Waals surface area (Å²) >= 11 is 0. The number of piperidine rings is 2. The molecule has 4 rings (SSSR count). The van der Waals surface area contributed by atoms with Crippen LogP contribution in [-0.4, -0.2) is 40.8 Å². The van der Waals surface area contributed by atoms with Gasteiger partial charge in [-0.3, -0.25) is 9.69 Å². The minimum atomic E-state index is -0.337. The van der Waals surface area contributed by atoms with Crippen LogP contribution in [0, 0.1) is 5.92 Å². The lowest BCUT2D eigenvalue weighted by atomic mass is 9.72. The average Bonchev–Trinajstić information content (AvgIpc) is 2.54. The number of carbonyl (C=O) groups is 1. The van der Waals surface area contributed by atoms with Crippen molar-refractivity contribution in [1.82, 2.24) is 4.90 Å². The van der Waals surface area contributed by atoms with Crippen molar-refractivity contribution in [2.24, 2.45) is 5.92 Å². The first kappa shape index (κ1) is 15.5. The van der Waals surface area contributed by atoms with Crippen molar-refractivity contribution in [2.45, 2.75) is 57.3 Å². The molecule has 1 aromatic carbocycles. The molecule has 3 aliphatic rings. The standard InChI is InChI=1S/C18H25NO3/c1-3-22-18(21)17-14-9-10-15(16(20)11-14)19(17)12(2)13-7-5-4-6-8-13/h4-8,12,14-17,20H,3,9-11H2,1-2H3/t12-,14-,15+,16+,17+/m1/s1. The van der Waals surface area contributed by atoms with Gasteiger partial charge in [-0.25, -0.2) is 0 Å². The van der Waals surface area contributed by atoms with E-state index in [0.717, 1.165) is 12.8 Å². The zero-order valence-electron chi connectivity index (χ0n) is 13.3. The van der Waals surface area contributed by atoms with Crippen molar-refractivity contribution in [3.63, 3.8) is 0 Å². The number of ether oxygens (including phenoxy) is 1. The van der Waals surface area contributed by atoms with Gasteiger partial charge in [0, 0.05) is 12.1 Å². The molecule has 22 heavy (non-hydrogen) atoms. The number of aliphatic hydroxyl groups excluding tert-OH is 1. The maximum Gasteiger partial charge on any atom is 0.323 e.